The van der Waals surface area contributed by atoms with Crippen molar-refractivity contribution in [2.45, 2.75) is 51.7 Å². The van der Waals surface area contributed by atoms with E-state index in [1.165, 1.54) is 23.1 Å². The van der Waals surface area contributed by atoms with Crippen molar-refractivity contribution in [1.29, 1.82) is 0 Å². The number of methoxy groups -OCH3 is 1. The van der Waals surface area contributed by atoms with Gasteiger partial charge in [0, 0.05) is 23.2 Å². The minimum atomic E-state index is -0.0372. The maximum absolute atomic E-state index is 13.2. The van der Waals surface area contributed by atoms with E-state index in [4.69, 9.17) is 9.72 Å². The Hall–Kier alpha value is -2.32. The van der Waals surface area contributed by atoms with Crippen molar-refractivity contribution < 1.29 is 9.53 Å². The number of anilines is 1. The molecule has 2 aromatic heterocycles. The zero-order valence-electron chi connectivity index (χ0n) is 18.5. The van der Waals surface area contributed by atoms with Crippen molar-refractivity contribution in [2.24, 2.45) is 0 Å². The molecule has 1 aromatic carbocycles. The van der Waals surface area contributed by atoms with Gasteiger partial charge in [-0.15, -0.1) is 11.3 Å². The molecule has 0 aliphatic carbocycles. The first kappa shape index (κ1) is 21.9. The molecule has 3 aromatic rings. The van der Waals surface area contributed by atoms with Crippen LogP contribution in [0.2, 0.25) is 0 Å². The minimum absolute atomic E-state index is 0.0211. The van der Waals surface area contributed by atoms with Crippen LogP contribution in [0.4, 0.5) is 5.69 Å². The summed E-state index contributed by atoms with van der Waals surface area (Å²) in [4.78, 5) is 34.8. The number of carbonyl (C=O) groups is 1. The van der Waals surface area contributed by atoms with E-state index < -0.39 is 0 Å². The van der Waals surface area contributed by atoms with Crippen LogP contribution in [0.5, 0.6) is 5.75 Å². The molecule has 0 saturated heterocycles. The Labute approximate surface area is 190 Å². The number of ether oxygens (including phenoxy) is 1. The third-order valence-corrected chi connectivity index (χ3v) is 7.79. The summed E-state index contributed by atoms with van der Waals surface area (Å²) in [5.74, 6) is 1.07. The maximum Gasteiger partial charge on any atom is 0.263 e. The van der Waals surface area contributed by atoms with E-state index in [1.54, 1.807) is 11.7 Å². The molecule has 3 heterocycles. The summed E-state index contributed by atoms with van der Waals surface area (Å²) in [5.41, 5.74) is 3.06. The van der Waals surface area contributed by atoms with Gasteiger partial charge in [0.25, 0.3) is 5.56 Å². The number of aryl methyl sites for hydroxylation is 3. The normalized spacial score (nSPS) is 13.7. The first-order valence-electron chi connectivity index (χ1n) is 10.4. The number of amides is 1. The Morgan fingerprint density at radius 2 is 2.10 bits per heavy atom. The lowest BCUT2D eigenvalue weighted by atomic mass is 10.0. The van der Waals surface area contributed by atoms with Crippen LogP contribution in [0.3, 0.4) is 0 Å². The predicted molar refractivity (Wildman–Crippen MR) is 128 cm³/mol. The fraction of sp³-hybridized carbons (Fsp3) is 0.435. The second kappa shape index (κ2) is 8.67. The number of hydrogen-bond acceptors (Lipinski definition) is 6. The van der Waals surface area contributed by atoms with Crippen LogP contribution in [0.25, 0.3) is 10.2 Å². The van der Waals surface area contributed by atoms with Gasteiger partial charge in [0.2, 0.25) is 5.91 Å². The molecular formula is C23H27N3O3S2. The highest BCUT2D eigenvalue weighted by atomic mass is 32.2. The van der Waals surface area contributed by atoms with Crippen LogP contribution < -0.4 is 15.2 Å². The molecule has 1 aliphatic rings. The number of thioether (sulfide) groups is 1. The summed E-state index contributed by atoms with van der Waals surface area (Å²) in [7, 11) is 1.65. The van der Waals surface area contributed by atoms with Gasteiger partial charge in [-0.2, -0.15) is 0 Å². The maximum atomic E-state index is 13.2. The molecule has 0 radical (unpaired) electrons. The lowest BCUT2D eigenvalue weighted by Crippen LogP contribution is -2.37. The van der Waals surface area contributed by atoms with Gasteiger partial charge in [0.05, 0.1) is 18.2 Å². The van der Waals surface area contributed by atoms with E-state index >= 15 is 0 Å². The van der Waals surface area contributed by atoms with Gasteiger partial charge in [-0.1, -0.05) is 11.8 Å². The molecule has 0 saturated carbocycles. The van der Waals surface area contributed by atoms with E-state index in [0.717, 1.165) is 45.1 Å². The number of rotatable bonds is 5. The average molecular weight is 458 g/mol. The molecule has 1 amide bonds. The Morgan fingerprint density at radius 1 is 1.32 bits per heavy atom. The highest BCUT2D eigenvalue weighted by Gasteiger charge is 2.24. The van der Waals surface area contributed by atoms with Crippen LogP contribution in [0.1, 0.15) is 42.3 Å². The molecule has 0 atom stereocenters. The Balaban J connectivity index is 1.62. The van der Waals surface area contributed by atoms with Crippen molar-refractivity contribution in [1.82, 2.24) is 9.55 Å². The molecule has 6 nitrogen and oxygen atoms in total. The zero-order valence-corrected chi connectivity index (χ0v) is 20.2. The zero-order chi connectivity index (χ0) is 22.3. The fourth-order valence-electron chi connectivity index (χ4n) is 4.01. The summed E-state index contributed by atoms with van der Waals surface area (Å²) in [6.07, 6.45) is 1.86. The van der Waals surface area contributed by atoms with Gasteiger partial charge >= 0.3 is 0 Å². The highest BCUT2D eigenvalue weighted by Crippen LogP contribution is 2.32. The van der Waals surface area contributed by atoms with E-state index in [0.29, 0.717) is 17.1 Å². The van der Waals surface area contributed by atoms with Crippen molar-refractivity contribution in [3.8, 4) is 5.75 Å². The number of aromatic nitrogens is 2. The smallest absolute Gasteiger partial charge is 0.263 e. The molecule has 4 rings (SSSR count). The van der Waals surface area contributed by atoms with Crippen LogP contribution in [0.15, 0.2) is 28.2 Å². The third-order valence-electron chi connectivity index (χ3n) is 5.75. The molecule has 0 spiro atoms. The lowest BCUT2D eigenvalue weighted by Gasteiger charge is -2.29. The summed E-state index contributed by atoms with van der Waals surface area (Å²) in [6, 6.07) is 5.83. The molecule has 1 aliphatic heterocycles. The number of hydrogen-bond donors (Lipinski definition) is 0. The van der Waals surface area contributed by atoms with Crippen molar-refractivity contribution in [3.05, 3.63) is 44.6 Å². The van der Waals surface area contributed by atoms with Crippen LogP contribution >= 0.6 is 23.1 Å². The second-order valence-electron chi connectivity index (χ2n) is 8.06. The number of thiophene rings is 1. The third kappa shape index (κ3) is 3.99. The lowest BCUT2D eigenvalue weighted by molar-refractivity contribution is -0.116. The van der Waals surface area contributed by atoms with E-state index in [2.05, 4.69) is 0 Å². The van der Waals surface area contributed by atoms with Crippen LogP contribution in [-0.4, -0.2) is 34.9 Å². The molecular weight excluding hydrogens is 430 g/mol. The van der Waals surface area contributed by atoms with Gasteiger partial charge in [0.1, 0.15) is 10.6 Å². The van der Waals surface area contributed by atoms with Crippen LogP contribution in [0, 0.1) is 13.8 Å². The molecule has 0 fully saturated rings. The molecule has 0 unspecified atom stereocenters. The minimum Gasteiger partial charge on any atom is -0.497 e. The standard InChI is InChI=1S/C23H27N3O3S2/c1-13(2)26-22(28)20-14(3)15(4)31-21(20)24-23(26)30-12-19(27)25-10-6-7-16-11-17(29-5)8-9-18(16)25/h8-9,11,13H,6-7,10,12H2,1-5H3. The molecule has 31 heavy (non-hydrogen) atoms. The molecule has 0 N–H and O–H groups in total. The Kier molecular flexibility index (Phi) is 6.12. The fourth-order valence-corrected chi connectivity index (χ4v) is 6.08. The van der Waals surface area contributed by atoms with Gasteiger partial charge in [-0.05, 0) is 69.9 Å². The van der Waals surface area contributed by atoms with Gasteiger partial charge in [-0.3, -0.25) is 14.2 Å². The highest BCUT2D eigenvalue weighted by molar-refractivity contribution is 7.99. The molecule has 164 valence electrons. The van der Waals surface area contributed by atoms with Crippen molar-refractivity contribution in [2.75, 3.05) is 24.3 Å². The van der Waals surface area contributed by atoms with E-state index in [9.17, 15) is 9.59 Å². The molecule has 0 bridgehead atoms. The topological polar surface area (TPSA) is 64.4 Å². The largest absolute Gasteiger partial charge is 0.497 e. The summed E-state index contributed by atoms with van der Waals surface area (Å²) < 4.78 is 7.04. The summed E-state index contributed by atoms with van der Waals surface area (Å²) in [6.45, 7) is 8.64. The Bertz CT molecular complexity index is 1210. The Morgan fingerprint density at radius 3 is 2.81 bits per heavy atom. The van der Waals surface area contributed by atoms with E-state index in [-0.39, 0.29) is 23.3 Å². The number of carbonyl (C=O) groups excluding carboxylic acids is 1. The van der Waals surface area contributed by atoms with Gasteiger partial charge in [0.15, 0.2) is 5.16 Å². The van der Waals surface area contributed by atoms with Gasteiger partial charge in [-0.25, -0.2) is 4.98 Å². The number of benzene rings is 1. The summed E-state index contributed by atoms with van der Waals surface area (Å²) >= 11 is 2.89. The van der Waals surface area contributed by atoms with E-state index in [1.807, 2.05) is 50.8 Å². The van der Waals surface area contributed by atoms with Crippen LogP contribution in [-0.2, 0) is 11.2 Å². The quantitative estimate of drug-likeness (QED) is 0.409. The SMILES string of the molecule is COc1ccc2c(c1)CCCN2C(=O)CSc1nc2sc(C)c(C)c2c(=O)n1C(C)C. The average Bonchev–Trinajstić information content (AvgIpc) is 3.04. The van der Waals surface area contributed by atoms with Crippen molar-refractivity contribution in [3.63, 3.8) is 0 Å². The van der Waals surface area contributed by atoms with Crippen molar-refractivity contribution >= 4 is 44.9 Å². The first-order chi connectivity index (χ1) is 14.8. The summed E-state index contributed by atoms with van der Waals surface area (Å²) in [5, 5.41) is 1.31. The number of nitrogens with zero attached hydrogens (tertiary/aromatic N) is 3. The number of fused-ring (bicyclic) bond motifs is 2. The monoisotopic (exact) mass is 457 g/mol. The molecule has 8 heteroatoms. The predicted octanol–water partition coefficient (Wildman–Crippen LogP) is 4.74. The second-order valence-corrected chi connectivity index (χ2v) is 10.2. The first-order valence-corrected chi connectivity index (χ1v) is 12.2. The van der Waals surface area contributed by atoms with Gasteiger partial charge < -0.3 is 9.64 Å².